The summed E-state index contributed by atoms with van der Waals surface area (Å²) in [5.74, 6) is 1.14. The van der Waals surface area contributed by atoms with Crippen LogP contribution >= 0.6 is 0 Å². The number of fused-ring (bicyclic) bond motifs is 5. The number of Topliss-reactive ketones (excluding diaryl/α,β-unsaturated/α-hetero) is 1. The highest BCUT2D eigenvalue weighted by molar-refractivity contribution is 5.91. The molecule has 3 fully saturated rings. The van der Waals surface area contributed by atoms with E-state index in [4.69, 9.17) is 4.74 Å². The molecule has 4 aliphatic rings. The molecule has 3 saturated carbocycles. The topological polar surface area (TPSA) is 80.7 Å². The van der Waals surface area contributed by atoms with E-state index in [1.165, 1.54) is 12.5 Å². The van der Waals surface area contributed by atoms with Crippen LogP contribution in [0.15, 0.2) is 11.6 Å². The highest BCUT2D eigenvalue weighted by atomic mass is 16.5. The summed E-state index contributed by atoms with van der Waals surface area (Å²) < 4.78 is 5.26. The van der Waals surface area contributed by atoms with E-state index in [1.54, 1.807) is 0 Å². The van der Waals surface area contributed by atoms with E-state index >= 15 is 0 Å². The zero-order chi connectivity index (χ0) is 20.3. The first kappa shape index (κ1) is 19.8. The molecule has 4 unspecified atom stereocenters. The maximum atomic E-state index is 12.5. The van der Waals surface area contributed by atoms with Crippen molar-refractivity contribution in [1.82, 2.24) is 0 Å². The van der Waals surface area contributed by atoms with Crippen molar-refractivity contribution in [2.45, 2.75) is 71.3 Å². The first-order chi connectivity index (χ1) is 13.2. The normalized spacial score (nSPS) is 47.4. The Hall–Kier alpha value is -1.49. The molecule has 154 valence electrons. The quantitative estimate of drug-likeness (QED) is 0.748. The summed E-state index contributed by atoms with van der Waals surface area (Å²) in [6.45, 7) is 6.69. The van der Waals surface area contributed by atoms with E-state index in [9.17, 15) is 19.5 Å². The minimum absolute atomic E-state index is 0.0635. The van der Waals surface area contributed by atoms with Crippen LogP contribution in [-0.4, -0.2) is 35.4 Å². The lowest BCUT2D eigenvalue weighted by Crippen LogP contribution is -2.60. The fraction of sp³-hybridized carbons (Fsp3) is 0.783. The van der Waals surface area contributed by atoms with Crippen LogP contribution in [0.1, 0.15) is 65.7 Å². The van der Waals surface area contributed by atoms with Crippen molar-refractivity contribution in [2.75, 3.05) is 6.61 Å². The molecule has 28 heavy (non-hydrogen) atoms. The second-order valence-corrected chi connectivity index (χ2v) is 10.2. The molecular formula is C23H32O5. The van der Waals surface area contributed by atoms with Crippen LogP contribution in [0.4, 0.5) is 0 Å². The fourth-order valence-corrected chi connectivity index (χ4v) is 7.87. The van der Waals surface area contributed by atoms with Gasteiger partial charge in [0.05, 0.1) is 6.61 Å². The lowest BCUT2D eigenvalue weighted by Gasteiger charge is -2.61. The van der Waals surface area contributed by atoms with Gasteiger partial charge in [0.15, 0.2) is 11.6 Å². The van der Waals surface area contributed by atoms with Gasteiger partial charge in [0.2, 0.25) is 0 Å². The zero-order valence-corrected chi connectivity index (χ0v) is 17.2. The maximum absolute atomic E-state index is 12.5. The number of hydrogen-bond donors (Lipinski definition) is 1. The number of carbonyl (C=O) groups is 3. The van der Waals surface area contributed by atoms with Crippen molar-refractivity contribution in [3.8, 4) is 0 Å². The van der Waals surface area contributed by atoms with E-state index in [-0.39, 0.29) is 28.8 Å². The van der Waals surface area contributed by atoms with Crippen molar-refractivity contribution in [3.05, 3.63) is 11.6 Å². The Bertz CT molecular complexity index is 741. The lowest BCUT2D eigenvalue weighted by atomic mass is 9.43. The third kappa shape index (κ3) is 2.51. The molecule has 4 rings (SSSR count). The number of hydrogen-bond acceptors (Lipinski definition) is 5. The summed E-state index contributed by atoms with van der Waals surface area (Å²) in [4.78, 5) is 35.5. The van der Waals surface area contributed by atoms with Crippen LogP contribution in [0.25, 0.3) is 0 Å². The Morgan fingerprint density at radius 2 is 2.04 bits per heavy atom. The van der Waals surface area contributed by atoms with Gasteiger partial charge in [-0.05, 0) is 80.6 Å². The molecule has 7 atom stereocenters. The predicted octanol–water partition coefficient (Wildman–Crippen LogP) is 3.24. The number of ketones is 2. The third-order valence-corrected chi connectivity index (χ3v) is 9.16. The molecule has 0 aliphatic heterocycles. The van der Waals surface area contributed by atoms with Crippen molar-refractivity contribution in [1.29, 1.82) is 0 Å². The summed E-state index contributed by atoms with van der Waals surface area (Å²) in [6, 6.07) is 0. The van der Waals surface area contributed by atoms with Crippen molar-refractivity contribution >= 4 is 18.0 Å². The van der Waals surface area contributed by atoms with Crippen molar-refractivity contribution in [3.63, 3.8) is 0 Å². The first-order valence-electron chi connectivity index (χ1n) is 10.7. The fourth-order valence-electron chi connectivity index (χ4n) is 7.87. The van der Waals surface area contributed by atoms with E-state index in [1.807, 2.05) is 6.08 Å². The van der Waals surface area contributed by atoms with Gasteiger partial charge in [-0.1, -0.05) is 19.4 Å². The van der Waals surface area contributed by atoms with Gasteiger partial charge in [0.25, 0.3) is 6.47 Å². The van der Waals surface area contributed by atoms with Gasteiger partial charge in [-0.25, -0.2) is 0 Å². The average molecular weight is 389 g/mol. The first-order valence-corrected chi connectivity index (χ1v) is 10.7. The minimum atomic E-state index is -1.29. The number of allylic oxidation sites excluding steroid dienone is 1. The van der Waals surface area contributed by atoms with E-state index in [2.05, 4.69) is 13.8 Å². The van der Waals surface area contributed by atoms with Crippen LogP contribution < -0.4 is 0 Å². The molecule has 0 amide bonds. The third-order valence-electron chi connectivity index (χ3n) is 9.16. The highest BCUT2D eigenvalue weighted by Crippen LogP contribution is 2.69. The largest absolute Gasteiger partial charge is 0.468 e. The monoisotopic (exact) mass is 388 g/mol. The molecule has 0 radical (unpaired) electrons. The van der Waals surface area contributed by atoms with Crippen LogP contribution in [-0.2, 0) is 19.1 Å². The summed E-state index contributed by atoms with van der Waals surface area (Å²) in [7, 11) is 0. The highest BCUT2D eigenvalue weighted by Gasteiger charge is 2.67. The molecule has 0 aromatic heterocycles. The smallest absolute Gasteiger partial charge is 0.293 e. The van der Waals surface area contributed by atoms with Crippen LogP contribution in [0.2, 0.25) is 0 Å². The minimum Gasteiger partial charge on any atom is -0.468 e. The van der Waals surface area contributed by atoms with Crippen LogP contribution in [0.5, 0.6) is 0 Å². The second kappa shape index (κ2) is 6.51. The van der Waals surface area contributed by atoms with Crippen molar-refractivity contribution < 1.29 is 24.2 Å². The molecule has 5 nitrogen and oxygen atoms in total. The van der Waals surface area contributed by atoms with E-state index in [0.29, 0.717) is 44.2 Å². The molecule has 0 spiro atoms. The van der Waals surface area contributed by atoms with Gasteiger partial charge in [0.1, 0.15) is 5.60 Å². The number of ether oxygens (including phenoxy) is 1. The Morgan fingerprint density at radius 3 is 2.71 bits per heavy atom. The van der Waals surface area contributed by atoms with Crippen LogP contribution in [0.3, 0.4) is 0 Å². The van der Waals surface area contributed by atoms with Crippen molar-refractivity contribution in [2.24, 2.45) is 34.5 Å². The predicted molar refractivity (Wildman–Crippen MR) is 103 cm³/mol. The molecule has 0 saturated heterocycles. The Kier molecular flexibility index (Phi) is 4.61. The van der Waals surface area contributed by atoms with Gasteiger partial charge in [-0.2, -0.15) is 0 Å². The molecule has 4 aliphatic carbocycles. The van der Waals surface area contributed by atoms with Gasteiger partial charge in [-0.3, -0.25) is 14.4 Å². The van der Waals surface area contributed by atoms with Crippen LogP contribution in [0, 0.1) is 34.5 Å². The van der Waals surface area contributed by atoms with E-state index in [0.717, 1.165) is 25.7 Å². The van der Waals surface area contributed by atoms with Gasteiger partial charge in [-0.15, -0.1) is 0 Å². The molecule has 0 aromatic carbocycles. The Labute approximate surface area is 166 Å². The van der Waals surface area contributed by atoms with Gasteiger partial charge >= 0.3 is 0 Å². The standard InChI is InChI=1S/C23H32O5/c1-14(25)23(27)9-7-19-18-5-4-16-10-17(26)6-8-21(16,2)20(18)15(12-28-13-24)11-22(19,23)3/h10,13,15,18-20,27H,4-9,11-12H2,1-3H3/t15?,18?,19?,20?,21-,22-,23-/m0/s1. The number of rotatable bonds is 4. The SMILES string of the molecule is CC(=O)[C@@]1(O)CCC2C3CCC4=CC(=O)CC[C@]4(C)C3C(COC=O)C[C@@]21C. The molecule has 0 bridgehead atoms. The summed E-state index contributed by atoms with van der Waals surface area (Å²) in [5.41, 5.74) is -0.586. The average Bonchev–Trinajstić information content (AvgIpc) is 2.92. The summed E-state index contributed by atoms with van der Waals surface area (Å²) in [5, 5.41) is 11.4. The van der Waals surface area contributed by atoms with E-state index < -0.39 is 11.0 Å². The molecular weight excluding hydrogens is 356 g/mol. The molecule has 1 N–H and O–H groups in total. The maximum Gasteiger partial charge on any atom is 0.293 e. The second-order valence-electron chi connectivity index (χ2n) is 10.2. The summed E-state index contributed by atoms with van der Waals surface area (Å²) >= 11 is 0. The molecule has 5 heteroatoms. The zero-order valence-electron chi connectivity index (χ0n) is 17.2. The summed E-state index contributed by atoms with van der Waals surface area (Å²) in [6.07, 6.45) is 7.24. The van der Waals surface area contributed by atoms with Gasteiger partial charge < -0.3 is 9.84 Å². The Balaban J connectivity index is 1.78. The molecule has 0 aromatic rings. The Morgan fingerprint density at radius 1 is 1.29 bits per heavy atom. The lowest BCUT2D eigenvalue weighted by molar-refractivity contribution is -0.173. The van der Waals surface area contributed by atoms with Gasteiger partial charge in [0, 0.05) is 11.8 Å². The number of aliphatic hydroxyl groups is 1. The number of carbonyl (C=O) groups excluding carboxylic acids is 3. The molecule has 0 heterocycles.